The van der Waals surface area contributed by atoms with Gasteiger partial charge in [-0.05, 0) is 25.0 Å². The Labute approximate surface area is 101 Å². The number of Topliss-reactive ketones (excluding diaryl/α,β-unsaturated/α-hetero) is 1. The van der Waals surface area contributed by atoms with Crippen LogP contribution in [0.25, 0.3) is 0 Å². The number of carboxylic acids is 1. The minimum atomic E-state index is -1.18. The topological polar surface area (TPSA) is 54.4 Å². The lowest BCUT2D eigenvalue weighted by Gasteiger charge is -2.27. The van der Waals surface area contributed by atoms with Gasteiger partial charge in [0.25, 0.3) is 0 Å². The number of halogens is 2. The molecule has 0 bridgehead atoms. The molecule has 5 heteroatoms. The monoisotopic (exact) mass is 292 g/mol. The highest BCUT2D eigenvalue weighted by Crippen LogP contribution is 2.40. The van der Waals surface area contributed by atoms with Crippen molar-refractivity contribution in [1.82, 2.24) is 0 Å². The fraction of sp³-hybridized carbons (Fsp3) is 0.400. The number of alkyl halides is 1. The Morgan fingerprint density at radius 1 is 1.60 bits per heavy atom. The second-order valence-electron chi connectivity index (χ2n) is 3.58. The molecule has 0 saturated heterocycles. The predicted molar refractivity (Wildman–Crippen MR) is 61.2 cm³/mol. The average Bonchev–Trinajstić information content (AvgIpc) is 2.20. The minimum Gasteiger partial charge on any atom is -0.481 e. The third-order valence-electron chi connectivity index (χ3n) is 2.45. The lowest BCUT2D eigenvalue weighted by atomic mass is 9.79. The first-order valence-electron chi connectivity index (χ1n) is 4.31. The molecule has 1 atom stereocenters. The molecule has 82 valence electrons. The number of rotatable bonds is 3. The van der Waals surface area contributed by atoms with Gasteiger partial charge in [-0.2, -0.15) is 0 Å². The number of hydrogen-bond donors (Lipinski definition) is 1. The Hall–Kier alpha value is -0.610. The van der Waals surface area contributed by atoms with Crippen LogP contribution in [0.15, 0.2) is 22.8 Å². The van der Waals surface area contributed by atoms with Gasteiger partial charge >= 0.3 is 5.97 Å². The van der Waals surface area contributed by atoms with E-state index in [0.717, 1.165) is 0 Å². The zero-order valence-electron chi connectivity index (χ0n) is 8.09. The Kier molecular flexibility index (Phi) is 3.73. The van der Waals surface area contributed by atoms with Gasteiger partial charge in [0.2, 0.25) is 0 Å². The molecule has 0 fully saturated rings. The highest BCUT2D eigenvalue weighted by Gasteiger charge is 2.40. The van der Waals surface area contributed by atoms with E-state index in [0.29, 0.717) is 5.57 Å². The maximum Gasteiger partial charge on any atom is 0.315 e. The number of aliphatic carboxylic acids is 1. The van der Waals surface area contributed by atoms with Gasteiger partial charge in [-0.3, -0.25) is 9.59 Å². The zero-order valence-corrected chi connectivity index (χ0v) is 10.4. The summed E-state index contributed by atoms with van der Waals surface area (Å²) in [5.41, 5.74) is -0.690. The summed E-state index contributed by atoms with van der Waals surface area (Å²) in [6.07, 6.45) is 3.20. The number of allylic oxidation sites excluding steroid dienone is 3. The van der Waals surface area contributed by atoms with Crippen molar-refractivity contribution in [2.24, 2.45) is 5.41 Å². The number of carbonyl (C=O) groups excluding carboxylic acids is 1. The van der Waals surface area contributed by atoms with E-state index in [-0.39, 0.29) is 22.6 Å². The van der Waals surface area contributed by atoms with E-state index < -0.39 is 11.4 Å². The third-order valence-corrected chi connectivity index (χ3v) is 3.51. The van der Waals surface area contributed by atoms with Gasteiger partial charge in [0, 0.05) is 5.03 Å². The van der Waals surface area contributed by atoms with E-state index in [2.05, 4.69) is 15.9 Å². The molecule has 3 nitrogen and oxygen atoms in total. The summed E-state index contributed by atoms with van der Waals surface area (Å²) < 4.78 is 0. The van der Waals surface area contributed by atoms with Gasteiger partial charge in [-0.1, -0.05) is 33.6 Å². The van der Waals surface area contributed by atoms with Crippen LogP contribution in [0, 0.1) is 5.41 Å². The van der Waals surface area contributed by atoms with Crippen LogP contribution >= 0.6 is 27.5 Å². The largest absolute Gasteiger partial charge is 0.481 e. The molecule has 0 heterocycles. The molecule has 0 aromatic heterocycles. The summed E-state index contributed by atoms with van der Waals surface area (Å²) in [6, 6.07) is 0. The zero-order chi connectivity index (χ0) is 11.6. The molecule has 0 aromatic carbocycles. The van der Waals surface area contributed by atoms with Crippen molar-refractivity contribution in [2.75, 3.05) is 5.33 Å². The SMILES string of the molecule is CC1(C(=O)O)CC(C(=O)CBr)=CC=C1Cl. The molecule has 0 aliphatic heterocycles. The fourth-order valence-corrected chi connectivity index (χ4v) is 1.91. The molecular weight excluding hydrogens is 283 g/mol. The van der Waals surface area contributed by atoms with Gasteiger partial charge in [-0.15, -0.1) is 0 Å². The molecule has 1 N–H and O–H groups in total. The first kappa shape index (κ1) is 12.5. The molecule has 0 radical (unpaired) electrons. The number of ketones is 1. The summed E-state index contributed by atoms with van der Waals surface area (Å²) in [7, 11) is 0. The van der Waals surface area contributed by atoms with Crippen LogP contribution in [0.1, 0.15) is 13.3 Å². The second kappa shape index (κ2) is 4.49. The third kappa shape index (κ3) is 2.32. The van der Waals surface area contributed by atoms with Crippen molar-refractivity contribution < 1.29 is 14.7 Å². The van der Waals surface area contributed by atoms with Gasteiger partial charge in [0.1, 0.15) is 5.41 Å². The maximum absolute atomic E-state index is 11.4. The lowest BCUT2D eigenvalue weighted by molar-refractivity contribution is -0.145. The summed E-state index contributed by atoms with van der Waals surface area (Å²) in [4.78, 5) is 22.5. The average molecular weight is 294 g/mol. The van der Waals surface area contributed by atoms with Crippen LogP contribution in [-0.2, 0) is 9.59 Å². The van der Waals surface area contributed by atoms with Crippen molar-refractivity contribution in [2.45, 2.75) is 13.3 Å². The quantitative estimate of drug-likeness (QED) is 0.813. The van der Waals surface area contributed by atoms with Gasteiger partial charge in [0.05, 0.1) is 5.33 Å². The number of carbonyl (C=O) groups is 2. The summed E-state index contributed by atoms with van der Waals surface area (Å²) in [5.74, 6) is -1.13. The van der Waals surface area contributed by atoms with Crippen LogP contribution in [-0.4, -0.2) is 22.2 Å². The predicted octanol–water partition coefficient (Wildman–Crippen LogP) is 2.49. The van der Waals surface area contributed by atoms with E-state index in [1.54, 1.807) is 6.08 Å². The highest BCUT2D eigenvalue weighted by atomic mass is 79.9. The first-order chi connectivity index (χ1) is 6.91. The summed E-state index contributed by atoms with van der Waals surface area (Å²) in [6.45, 7) is 1.52. The molecule has 15 heavy (non-hydrogen) atoms. The second-order valence-corrected chi connectivity index (χ2v) is 4.55. The summed E-state index contributed by atoms with van der Waals surface area (Å²) >= 11 is 8.89. The smallest absolute Gasteiger partial charge is 0.315 e. The lowest BCUT2D eigenvalue weighted by Crippen LogP contribution is -2.31. The molecule has 1 rings (SSSR count). The normalized spacial score (nSPS) is 25.5. The molecule has 0 saturated carbocycles. The molecule has 0 aromatic rings. The first-order valence-corrected chi connectivity index (χ1v) is 5.81. The van der Waals surface area contributed by atoms with Crippen molar-refractivity contribution >= 4 is 39.3 Å². The standard InChI is InChI=1S/C10H10BrClO3/c1-10(9(14)15)4-6(7(13)5-11)2-3-8(10)12/h2-3H,4-5H2,1H3,(H,14,15). The van der Waals surface area contributed by atoms with Crippen LogP contribution in [0.4, 0.5) is 0 Å². The van der Waals surface area contributed by atoms with E-state index in [4.69, 9.17) is 16.7 Å². The van der Waals surface area contributed by atoms with Crippen molar-refractivity contribution in [3.05, 3.63) is 22.8 Å². The van der Waals surface area contributed by atoms with Gasteiger partial charge < -0.3 is 5.11 Å². The minimum absolute atomic E-state index is 0.108. The molecule has 1 unspecified atom stereocenters. The van der Waals surface area contributed by atoms with E-state index in [1.165, 1.54) is 13.0 Å². The molecule has 0 amide bonds. The van der Waals surface area contributed by atoms with E-state index in [1.807, 2.05) is 0 Å². The number of hydrogen-bond acceptors (Lipinski definition) is 2. The van der Waals surface area contributed by atoms with Crippen LogP contribution < -0.4 is 0 Å². The summed E-state index contributed by atoms with van der Waals surface area (Å²) in [5, 5.41) is 9.51. The number of carboxylic acid groups (broad SMARTS) is 1. The van der Waals surface area contributed by atoms with E-state index >= 15 is 0 Å². The van der Waals surface area contributed by atoms with E-state index in [9.17, 15) is 9.59 Å². The van der Waals surface area contributed by atoms with Crippen LogP contribution in [0.5, 0.6) is 0 Å². The van der Waals surface area contributed by atoms with Crippen molar-refractivity contribution in [3.8, 4) is 0 Å². The highest BCUT2D eigenvalue weighted by molar-refractivity contribution is 9.09. The molecule has 0 spiro atoms. The molecule has 1 aliphatic rings. The van der Waals surface area contributed by atoms with Crippen molar-refractivity contribution in [3.63, 3.8) is 0 Å². The Morgan fingerprint density at radius 3 is 2.67 bits per heavy atom. The van der Waals surface area contributed by atoms with Gasteiger partial charge in [0.15, 0.2) is 5.78 Å². The fourth-order valence-electron chi connectivity index (χ4n) is 1.34. The van der Waals surface area contributed by atoms with Crippen LogP contribution in [0.2, 0.25) is 0 Å². The van der Waals surface area contributed by atoms with Crippen molar-refractivity contribution in [1.29, 1.82) is 0 Å². The molecular formula is C10H10BrClO3. The maximum atomic E-state index is 11.4. The Morgan fingerprint density at radius 2 is 2.20 bits per heavy atom. The van der Waals surface area contributed by atoms with Crippen LogP contribution in [0.3, 0.4) is 0 Å². The Bertz CT molecular complexity index is 373. The molecule has 1 aliphatic carbocycles. The Balaban J connectivity index is 3.04. The van der Waals surface area contributed by atoms with Gasteiger partial charge in [-0.25, -0.2) is 0 Å².